The molecule has 7 nitrogen and oxygen atoms in total. The number of nitrogens with one attached hydrogen (secondary N) is 3. The van der Waals surface area contributed by atoms with Gasteiger partial charge in [0, 0.05) is 17.4 Å². The summed E-state index contributed by atoms with van der Waals surface area (Å²) in [6, 6.07) is 6.85. The molecular weight excluding hydrogens is 426 g/mol. The highest BCUT2D eigenvalue weighted by molar-refractivity contribution is 8.00. The summed E-state index contributed by atoms with van der Waals surface area (Å²) in [7, 11) is 0. The Hall–Kier alpha value is -1.77. The smallest absolute Gasteiger partial charge is 0.244 e. The predicted molar refractivity (Wildman–Crippen MR) is 118 cm³/mol. The number of hydrogen-bond acceptors (Lipinski definition) is 5. The molecule has 0 saturated carbocycles. The number of thioether (sulfide) groups is 1. The lowest BCUT2D eigenvalue weighted by Crippen LogP contribution is -2.54. The van der Waals surface area contributed by atoms with Gasteiger partial charge in [0.25, 0.3) is 0 Å². The topological polar surface area (TPSA) is 108 Å². The first-order chi connectivity index (χ1) is 14.2. The van der Waals surface area contributed by atoms with Gasteiger partial charge in [0.05, 0.1) is 4.87 Å². The van der Waals surface area contributed by atoms with Gasteiger partial charge in [-0.3, -0.25) is 19.6 Å². The van der Waals surface area contributed by atoms with Crippen molar-refractivity contribution in [1.82, 2.24) is 16.1 Å². The third-order valence-electron chi connectivity index (χ3n) is 5.02. The van der Waals surface area contributed by atoms with Crippen molar-refractivity contribution in [3.63, 3.8) is 0 Å². The van der Waals surface area contributed by atoms with E-state index in [0.29, 0.717) is 24.3 Å². The van der Waals surface area contributed by atoms with Crippen LogP contribution in [-0.2, 0) is 20.8 Å². The first kappa shape index (κ1) is 24.5. The van der Waals surface area contributed by atoms with Crippen LogP contribution in [0.4, 0.5) is 0 Å². The third-order valence-corrected chi connectivity index (χ3v) is 6.58. The molecule has 1 aliphatic heterocycles. The fraction of sp³-hybridized carbons (Fsp3) is 0.571. The highest BCUT2D eigenvalue weighted by atomic mass is 35.5. The highest BCUT2D eigenvalue weighted by Crippen LogP contribution is 2.25. The van der Waals surface area contributed by atoms with Gasteiger partial charge in [0.15, 0.2) is 0 Å². The van der Waals surface area contributed by atoms with Crippen molar-refractivity contribution < 1.29 is 19.6 Å². The summed E-state index contributed by atoms with van der Waals surface area (Å²) < 4.78 is 0. The van der Waals surface area contributed by atoms with Crippen LogP contribution >= 0.6 is 23.4 Å². The van der Waals surface area contributed by atoms with E-state index in [1.807, 2.05) is 38.1 Å². The van der Waals surface area contributed by atoms with Crippen LogP contribution in [0.5, 0.6) is 0 Å². The van der Waals surface area contributed by atoms with E-state index >= 15 is 0 Å². The van der Waals surface area contributed by atoms with Crippen molar-refractivity contribution in [2.75, 3.05) is 5.75 Å². The number of hydroxylamine groups is 1. The van der Waals surface area contributed by atoms with Crippen molar-refractivity contribution in [2.45, 2.75) is 63.3 Å². The molecular formula is C21H30ClN3O4S. The van der Waals surface area contributed by atoms with Crippen LogP contribution in [0.3, 0.4) is 0 Å². The zero-order valence-electron chi connectivity index (χ0n) is 17.4. The number of hydrogen-bond donors (Lipinski definition) is 4. The molecule has 0 spiro atoms. The summed E-state index contributed by atoms with van der Waals surface area (Å²) in [5.41, 5.74) is 2.68. The molecule has 0 aliphatic carbocycles. The van der Waals surface area contributed by atoms with Crippen LogP contribution in [-0.4, -0.2) is 39.6 Å². The zero-order valence-corrected chi connectivity index (χ0v) is 18.9. The van der Waals surface area contributed by atoms with Crippen LogP contribution < -0.4 is 16.1 Å². The van der Waals surface area contributed by atoms with E-state index in [1.165, 1.54) is 0 Å². The van der Waals surface area contributed by atoms with Gasteiger partial charge in [0.2, 0.25) is 17.7 Å². The number of carbonyl (C=O) groups excluding carboxylic acids is 3. The molecule has 166 valence electrons. The van der Waals surface area contributed by atoms with Gasteiger partial charge in [-0.2, -0.15) is 0 Å². The van der Waals surface area contributed by atoms with E-state index in [4.69, 9.17) is 16.8 Å². The molecule has 2 atom stereocenters. The fourth-order valence-electron chi connectivity index (χ4n) is 3.39. The lowest BCUT2D eigenvalue weighted by Gasteiger charge is -2.32. The number of rotatable bonds is 8. The molecule has 1 saturated heterocycles. The largest absolute Gasteiger partial charge is 0.344 e. The second-order valence-electron chi connectivity index (χ2n) is 8.01. The van der Waals surface area contributed by atoms with E-state index in [-0.39, 0.29) is 18.2 Å². The van der Waals surface area contributed by atoms with Crippen molar-refractivity contribution in [1.29, 1.82) is 0 Å². The Bertz CT molecular complexity index is 742. The number of amides is 3. The third kappa shape index (κ3) is 8.16. The highest BCUT2D eigenvalue weighted by Gasteiger charge is 2.31. The van der Waals surface area contributed by atoms with Gasteiger partial charge in [-0.1, -0.05) is 23.7 Å². The monoisotopic (exact) mass is 455 g/mol. The fourth-order valence-corrected chi connectivity index (χ4v) is 4.51. The maximum Gasteiger partial charge on any atom is 0.244 e. The van der Waals surface area contributed by atoms with Crippen LogP contribution in [0.2, 0.25) is 5.02 Å². The Morgan fingerprint density at radius 2 is 2.03 bits per heavy atom. The molecule has 1 aromatic rings. The van der Waals surface area contributed by atoms with E-state index < -0.39 is 22.7 Å². The van der Waals surface area contributed by atoms with Gasteiger partial charge in [0.1, 0.15) is 6.04 Å². The quantitative estimate of drug-likeness (QED) is 0.356. The van der Waals surface area contributed by atoms with E-state index in [1.54, 1.807) is 17.2 Å². The van der Waals surface area contributed by atoms with Crippen LogP contribution in [0.15, 0.2) is 24.3 Å². The second-order valence-corrected chi connectivity index (χ2v) is 10.2. The van der Waals surface area contributed by atoms with Crippen molar-refractivity contribution in [2.24, 2.45) is 5.92 Å². The summed E-state index contributed by atoms with van der Waals surface area (Å²) in [6.45, 7) is 3.87. The zero-order chi connectivity index (χ0) is 22.1. The van der Waals surface area contributed by atoms with E-state index in [9.17, 15) is 14.4 Å². The summed E-state index contributed by atoms with van der Waals surface area (Å²) in [4.78, 5) is 36.8. The van der Waals surface area contributed by atoms with Crippen LogP contribution in [0.1, 0.15) is 51.5 Å². The Morgan fingerprint density at radius 3 is 2.70 bits per heavy atom. The van der Waals surface area contributed by atoms with Gasteiger partial charge in [-0.05, 0) is 69.4 Å². The molecule has 4 N–H and O–H groups in total. The minimum Gasteiger partial charge on any atom is -0.344 e. The summed E-state index contributed by atoms with van der Waals surface area (Å²) in [5.74, 6) is -0.934. The van der Waals surface area contributed by atoms with Crippen molar-refractivity contribution in [3.8, 4) is 0 Å². The molecule has 0 radical (unpaired) electrons. The second kappa shape index (κ2) is 11.6. The standard InChI is InChI=1S/C21H30ClN3O4S/c1-21(2)24-20(28)17(7-4-12-30-21)23-19(27)15(13-18(26)25-29)6-3-5-14-8-10-16(22)11-9-14/h8-11,15,17,29H,3-7,12-13H2,1-2H3,(H,23,27)(H,24,28)(H,25,26)/t15?,17-/m0/s1. The molecule has 2 rings (SSSR count). The van der Waals surface area contributed by atoms with Gasteiger partial charge >= 0.3 is 0 Å². The van der Waals surface area contributed by atoms with Gasteiger partial charge < -0.3 is 10.6 Å². The number of aryl methyl sites for hydroxylation is 1. The van der Waals surface area contributed by atoms with E-state index in [0.717, 1.165) is 24.2 Å². The molecule has 1 heterocycles. The number of carbonyl (C=O) groups is 3. The molecule has 1 aliphatic rings. The average molecular weight is 456 g/mol. The van der Waals surface area contributed by atoms with Crippen molar-refractivity contribution >= 4 is 41.1 Å². The summed E-state index contributed by atoms with van der Waals surface area (Å²) in [6.07, 6.45) is 3.08. The number of halogens is 1. The summed E-state index contributed by atoms with van der Waals surface area (Å²) >= 11 is 7.57. The van der Waals surface area contributed by atoms with Crippen LogP contribution in [0.25, 0.3) is 0 Å². The lowest BCUT2D eigenvalue weighted by atomic mass is 9.94. The lowest BCUT2D eigenvalue weighted by molar-refractivity contribution is -0.136. The van der Waals surface area contributed by atoms with Gasteiger partial charge in [-0.25, -0.2) is 5.48 Å². The Labute approximate surface area is 186 Å². The van der Waals surface area contributed by atoms with Gasteiger partial charge in [-0.15, -0.1) is 11.8 Å². The first-order valence-electron chi connectivity index (χ1n) is 10.1. The molecule has 1 aromatic carbocycles. The van der Waals surface area contributed by atoms with Crippen molar-refractivity contribution in [3.05, 3.63) is 34.9 Å². The number of benzene rings is 1. The Morgan fingerprint density at radius 1 is 1.33 bits per heavy atom. The Balaban J connectivity index is 1.98. The molecule has 9 heteroatoms. The maximum absolute atomic E-state index is 12.9. The average Bonchev–Trinajstić information content (AvgIpc) is 2.69. The SMILES string of the molecule is CC1(C)NC(=O)[C@@H](NC(=O)C(CCCc2ccc(Cl)cc2)CC(=O)NO)CCCS1. The summed E-state index contributed by atoms with van der Waals surface area (Å²) in [5, 5.41) is 15.3. The van der Waals surface area contributed by atoms with E-state index in [2.05, 4.69) is 10.6 Å². The molecule has 3 amide bonds. The molecule has 0 aromatic heterocycles. The minimum atomic E-state index is -0.634. The normalized spacial score (nSPS) is 19.7. The molecule has 0 bridgehead atoms. The van der Waals surface area contributed by atoms with Crippen LogP contribution in [0, 0.1) is 5.92 Å². The molecule has 30 heavy (non-hydrogen) atoms. The predicted octanol–water partition coefficient (Wildman–Crippen LogP) is 3.04. The Kier molecular flexibility index (Phi) is 9.45. The molecule has 1 unspecified atom stereocenters. The molecule has 1 fully saturated rings. The first-order valence-corrected chi connectivity index (χ1v) is 11.5. The maximum atomic E-state index is 12.9. The minimum absolute atomic E-state index is 0.140.